The lowest BCUT2D eigenvalue weighted by Crippen LogP contribution is -2.15. The minimum Gasteiger partial charge on any atom is -0.490 e. The van der Waals surface area contributed by atoms with E-state index in [0.29, 0.717) is 0 Å². The highest BCUT2D eigenvalue weighted by molar-refractivity contribution is 5.57. The van der Waals surface area contributed by atoms with Gasteiger partial charge in [0.2, 0.25) is 0 Å². The summed E-state index contributed by atoms with van der Waals surface area (Å²) in [5.41, 5.74) is 3.94. The van der Waals surface area contributed by atoms with Gasteiger partial charge in [0.25, 0.3) is 0 Å². The number of hydrogen-bond donors (Lipinski definition) is 0. The van der Waals surface area contributed by atoms with Crippen LogP contribution in [0.5, 0.6) is 5.75 Å². The molecule has 1 aromatic carbocycles. The lowest BCUT2D eigenvalue weighted by atomic mass is 9.77. The van der Waals surface area contributed by atoms with Gasteiger partial charge in [0.05, 0.1) is 19.0 Å². The maximum Gasteiger partial charge on any atom is 0.159 e. The number of unbranched alkanes of at least 4 members (excludes halogenated alkanes) is 7. The second kappa shape index (κ2) is 16.0. The molecule has 1 aliphatic rings. The topological polar surface area (TPSA) is 35.0 Å². The van der Waals surface area contributed by atoms with Gasteiger partial charge < -0.3 is 4.74 Å². The first kappa shape index (κ1) is 27.7. The monoisotopic (exact) mass is 478 g/mol. The van der Waals surface area contributed by atoms with Crippen molar-refractivity contribution in [1.82, 2.24) is 9.97 Å². The Morgan fingerprint density at radius 1 is 0.771 bits per heavy atom. The number of nitrogens with zero attached hydrogens (tertiary/aromatic N) is 2. The largest absolute Gasteiger partial charge is 0.490 e. The van der Waals surface area contributed by atoms with E-state index in [1.54, 1.807) is 12.4 Å². The van der Waals surface area contributed by atoms with Gasteiger partial charge in [-0.05, 0) is 55.2 Å². The lowest BCUT2D eigenvalue weighted by molar-refractivity contribution is 0.248. The Bertz CT molecular complexity index is 824. The Hall–Kier alpha value is -1.90. The van der Waals surface area contributed by atoms with E-state index in [4.69, 9.17) is 4.74 Å². The summed E-state index contributed by atoms with van der Waals surface area (Å²) in [6, 6.07) is 6.74. The smallest absolute Gasteiger partial charge is 0.159 e. The molecule has 3 heteroatoms. The molecule has 1 saturated carbocycles. The number of rotatable bonds is 16. The van der Waals surface area contributed by atoms with Crippen LogP contribution < -0.4 is 4.74 Å². The normalized spacial score (nSPS) is 18.0. The van der Waals surface area contributed by atoms with Crippen LogP contribution in [0.3, 0.4) is 0 Å². The summed E-state index contributed by atoms with van der Waals surface area (Å²) < 4.78 is 5.69. The van der Waals surface area contributed by atoms with Crippen molar-refractivity contribution in [3.63, 3.8) is 0 Å². The summed E-state index contributed by atoms with van der Waals surface area (Å²) in [6.07, 6.45) is 25.7. The van der Waals surface area contributed by atoms with Crippen LogP contribution in [0.4, 0.5) is 0 Å². The second-order valence-corrected chi connectivity index (χ2v) is 10.9. The summed E-state index contributed by atoms with van der Waals surface area (Å²) in [7, 11) is 0. The average molecular weight is 479 g/mol. The number of aromatic nitrogens is 2. The number of hydrogen-bond acceptors (Lipinski definition) is 3. The van der Waals surface area contributed by atoms with Crippen LogP contribution in [0, 0.1) is 18.8 Å². The number of ether oxygens (including phenoxy) is 1. The Morgan fingerprint density at radius 3 is 2.06 bits per heavy atom. The molecule has 0 saturated heterocycles. The summed E-state index contributed by atoms with van der Waals surface area (Å²) in [5.74, 6) is 3.46. The molecule has 35 heavy (non-hydrogen) atoms. The van der Waals surface area contributed by atoms with Crippen molar-refractivity contribution in [2.75, 3.05) is 6.61 Å². The Kier molecular flexibility index (Phi) is 12.6. The molecular weight excluding hydrogens is 428 g/mol. The van der Waals surface area contributed by atoms with Gasteiger partial charge in [-0.25, -0.2) is 9.97 Å². The fourth-order valence-corrected chi connectivity index (χ4v) is 5.55. The van der Waals surface area contributed by atoms with Gasteiger partial charge in [-0.3, -0.25) is 0 Å². The molecule has 1 aliphatic carbocycles. The van der Waals surface area contributed by atoms with E-state index in [0.717, 1.165) is 48.4 Å². The lowest BCUT2D eigenvalue weighted by Gasteiger charge is -2.28. The molecule has 3 nitrogen and oxygen atoms in total. The third kappa shape index (κ3) is 9.94. The SMILES string of the molecule is CCCCCCCCCC1CCC(CCc2ccc(-c3ncc(OCCCC)cn3)cc2C)CC1. The minimum atomic E-state index is 0.730. The first-order valence-electron chi connectivity index (χ1n) is 14.7. The van der Waals surface area contributed by atoms with Gasteiger partial charge in [-0.1, -0.05) is 109 Å². The van der Waals surface area contributed by atoms with E-state index in [1.807, 2.05) is 0 Å². The van der Waals surface area contributed by atoms with Crippen molar-refractivity contribution in [2.24, 2.45) is 11.8 Å². The van der Waals surface area contributed by atoms with E-state index in [-0.39, 0.29) is 0 Å². The van der Waals surface area contributed by atoms with Gasteiger partial charge in [0.1, 0.15) is 0 Å². The predicted molar refractivity (Wildman–Crippen MR) is 149 cm³/mol. The minimum absolute atomic E-state index is 0.730. The van der Waals surface area contributed by atoms with Gasteiger partial charge in [-0.2, -0.15) is 0 Å². The van der Waals surface area contributed by atoms with Crippen molar-refractivity contribution in [1.29, 1.82) is 0 Å². The van der Waals surface area contributed by atoms with E-state index in [2.05, 4.69) is 48.9 Å². The van der Waals surface area contributed by atoms with Crippen molar-refractivity contribution in [3.05, 3.63) is 41.7 Å². The van der Waals surface area contributed by atoms with Gasteiger partial charge in [-0.15, -0.1) is 0 Å². The van der Waals surface area contributed by atoms with Crippen LogP contribution in [-0.4, -0.2) is 16.6 Å². The quantitative estimate of drug-likeness (QED) is 0.225. The highest BCUT2D eigenvalue weighted by Gasteiger charge is 2.21. The number of benzene rings is 1. The molecule has 3 rings (SSSR count). The van der Waals surface area contributed by atoms with Gasteiger partial charge in [0.15, 0.2) is 11.6 Å². The molecule has 2 aromatic rings. The van der Waals surface area contributed by atoms with Crippen molar-refractivity contribution in [2.45, 2.75) is 124 Å². The first-order valence-corrected chi connectivity index (χ1v) is 14.7. The third-order valence-electron chi connectivity index (χ3n) is 8.00. The van der Waals surface area contributed by atoms with E-state index in [9.17, 15) is 0 Å². The third-order valence-corrected chi connectivity index (χ3v) is 8.00. The second-order valence-electron chi connectivity index (χ2n) is 10.9. The molecule has 0 bridgehead atoms. The molecule has 0 atom stereocenters. The zero-order chi connectivity index (χ0) is 24.7. The van der Waals surface area contributed by atoms with Gasteiger partial charge >= 0.3 is 0 Å². The number of aryl methyl sites for hydroxylation is 2. The van der Waals surface area contributed by atoms with Crippen LogP contribution in [-0.2, 0) is 6.42 Å². The van der Waals surface area contributed by atoms with Gasteiger partial charge in [0, 0.05) is 5.56 Å². The maximum absolute atomic E-state index is 5.69. The molecule has 0 N–H and O–H groups in total. The average Bonchev–Trinajstić information content (AvgIpc) is 2.89. The molecule has 0 spiro atoms. The standard InChI is InChI=1S/C32H50N2O/c1-4-6-8-9-10-11-12-13-27-14-16-28(17-15-27)18-19-29-20-21-30(23-26(29)3)32-33-24-31(25-34-32)35-22-7-5-2/h20-21,23-25,27-28H,4-19,22H2,1-3H3. The molecule has 0 amide bonds. The Balaban J connectivity index is 1.35. The molecule has 0 aliphatic heterocycles. The molecule has 1 heterocycles. The van der Waals surface area contributed by atoms with Crippen molar-refractivity contribution in [3.8, 4) is 17.1 Å². The highest BCUT2D eigenvalue weighted by atomic mass is 16.5. The van der Waals surface area contributed by atoms with Crippen LogP contribution in [0.1, 0.15) is 121 Å². The van der Waals surface area contributed by atoms with Crippen molar-refractivity contribution >= 4 is 0 Å². The molecule has 1 fully saturated rings. The fourth-order valence-electron chi connectivity index (χ4n) is 5.55. The van der Waals surface area contributed by atoms with Crippen molar-refractivity contribution < 1.29 is 4.74 Å². The summed E-state index contributed by atoms with van der Waals surface area (Å²) in [4.78, 5) is 9.06. The fraction of sp³-hybridized carbons (Fsp3) is 0.688. The predicted octanol–water partition coefficient (Wildman–Crippen LogP) is 9.51. The summed E-state index contributed by atoms with van der Waals surface area (Å²) in [6.45, 7) is 7.43. The zero-order valence-electron chi connectivity index (χ0n) is 22.9. The van der Waals surface area contributed by atoms with Crippen LogP contribution in [0.2, 0.25) is 0 Å². The van der Waals surface area contributed by atoms with Crippen LogP contribution in [0.15, 0.2) is 30.6 Å². The first-order chi connectivity index (χ1) is 17.2. The maximum atomic E-state index is 5.69. The Labute approximate surface area is 215 Å². The molecule has 1 aromatic heterocycles. The van der Waals surface area contributed by atoms with E-state index >= 15 is 0 Å². The Morgan fingerprint density at radius 2 is 1.40 bits per heavy atom. The van der Waals surface area contributed by atoms with Crippen LogP contribution in [0.25, 0.3) is 11.4 Å². The molecule has 0 unspecified atom stereocenters. The van der Waals surface area contributed by atoms with E-state index < -0.39 is 0 Å². The highest BCUT2D eigenvalue weighted by Crippen LogP contribution is 2.34. The summed E-state index contributed by atoms with van der Waals surface area (Å²) >= 11 is 0. The summed E-state index contributed by atoms with van der Waals surface area (Å²) in [5, 5.41) is 0. The van der Waals surface area contributed by atoms with E-state index in [1.165, 1.54) is 101 Å². The molecule has 0 radical (unpaired) electrons. The molecule has 194 valence electrons. The zero-order valence-corrected chi connectivity index (χ0v) is 22.9. The molecular formula is C32H50N2O. The van der Waals surface area contributed by atoms with Crippen LogP contribution >= 0.6 is 0 Å².